The minimum Gasteiger partial charge on any atom is -0.444 e. The summed E-state index contributed by atoms with van der Waals surface area (Å²) >= 11 is 0. The van der Waals surface area contributed by atoms with Gasteiger partial charge in [-0.05, 0) is 125 Å². The fourth-order valence-electron chi connectivity index (χ4n) is 7.65. The summed E-state index contributed by atoms with van der Waals surface area (Å²) in [6, 6.07) is 21.2. The Balaban J connectivity index is 1.14. The number of azo groups is 1. The molecule has 1 fully saturated rings. The van der Waals surface area contributed by atoms with Crippen LogP contribution >= 0.6 is 0 Å². The number of ether oxygens (including phenoxy) is 5. The molecule has 3 aromatic rings. The Morgan fingerprint density at radius 2 is 1.44 bits per heavy atom. The maximum Gasteiger partial charge on any atom is 0.407 e. The Kier molecular flexibility index (Phi) is 19.6. The number of benzene rings is 3. The number of hydrogen-bond donors (Lipinski definition) is 2. The van der Waals surface area contributed by atoms with E-state index in [0.29, 0.717) is 109 Å². The van der Waals surface area contributed by atoms with Crippen LogP contribution in [0.4, 0.5) is 10.5 Å². The number of carbonyl (C=O) groups is 4. The summed E-state index contributed by atoms with van der Waals surface area (Å²) in [5.41, 5.74) is 5.47. The van der Waals surface area contributed by atoms with E-state index >= 15 is 0 Å². The molecule has 0 spiro atoms. The molecule has 340 valence electrons. The SMILES string of the molecule is COCCOCCOCCOCCCC(=O)c1ccc(-c2ccc(C[C@H](CC(=O)C3CCC(CNC(=O)OC(C)(C)C)CC3)C(=O)Nc3ccc(C4=NCN=N4)cc3)cc2)c(C)c1. The van der Waals surface area contributed by atoms with E-state index in [4.69, 9.17) is 23.7 Å². The Labute approximate surface area is 372 Å². The van der Waals surface area contributed by atoms with Crippen LogP contribution in [0, 0.1) is 24.7 Å². The topological polar surface area (TPSA) is 176 Å². The Morgan fingerprint density at radius 3 is 2.06 bits per heavy atom. The molecule has 1 aliphatic carbocycles. The molecule has 2 N–H and O–H groups in total. The van der Waals surface area contributed by atoms with Crippen molar-refractivity contribution in [1.29, 1.82) is 0 Å². The molecule has 3 aromatic carbocycles. The molecule has 2 aliphatic rings. The van der Waals surface area contributed by atoms with Crippen LogP contribution in [0.15, 0.2) is 82.0 Å². The number of ketones is 2. The van der Waals surface area contributed by atoms with E-state index in [1.165, 1.54) is 0 Å². The minimum atomic E-state index is -0.593. The molecule has 1 heterocycles. The number of amidine groups is 1. The normalized spacial score (nSPS) is 16.6. The van der Waals surface area contributed by atoms with Crippen LogP contribution in [0.25, 0.3) is 11.1 Å². The fourth-order valence-corrected chi connectivity index (χ4v) is 7.65. The third-order valence-corrected chi connectivity index (χ3v) is 11.1. The van der Waals surface area contributed by atoms with Crippen LogP contribution in [0.5, 0.6) is 0 Å². The molecule has 1 aliphatic heterocycles. The average molecular weight is 868 g/mol. The van der Waals surface area contributed by atoms with E-state index in [1.54, 1.807) is 7.11 Å². The highest BCUT2D eigenvalue weighted by Crippen LogP contribution is 2.32. The summed E-state index contributed by atoms with van der Waals surface area (Å²) in [7, 11) is 1.63. The number of nitrogens with one attached hydrogen (secondary N) is 2. The van der Waals surface area contributed by atoms with Gasteiger partial charge in [0.25, 0.3) is 0 Å². The first-order chi connectivity index (χ1) is 30.4. The molecule has 1 atom stereocenters. The van der Waals surface area contributed by atoms with E-state index in [2.05, 4.69) is 25.9 Å². The van der Waals surface area contributed by atoms with E-state index in [1.807, 2.05) is 94.4 Å². The number of methoxy groups -OCH3 is 1. The lowest BCUT2D eigenvalue weighted by atomic mass is 9.77. The zero-order valence-electron chi connectivity index (χ0n) is 37.6. The van der Waals surface area contributed by atoms with Gasteiger partial charge in [-0.1, -0.05) is 36.4 Å². The highest BCUT2D eigenvalue weighted by Gasteiger charge is 2.31. The maximum absolute atomic E-state index is 14.0. The van der Waals surface area contributed by atoms with Crippen molar-refractivity contribution in [3.05, 3.63) is 89.0 Å². The minimum absolute atomic E-state index is 0.0702. The largest absolute Gasteiger partial charge is 0.444 e. The predicted molar refractivity (Wildman–Crippen MR) is 242 cm³/mol. The first-order valence-corrected chi connectivity index (χ1v) is 22.2. The summed E-state index contributed by atoms with van der Waals surface area (Å²) in [6.45, 7) is 11.9. The number of alkyl carbamates (subject to hydrolysis) is 1. The molecule has 14 heteroatoms. The number of hydrogen-bond acceptors (Lipinski definition) is 12. The van der Waals surface area contributed by atoms with Crippen LogP contribution in [0.2, 0.25) is 0 Å². The van der Waals surface area contributed by atoms with E-state index in [0.717, 1.165) is 40.7 Å². The molecule has 0 radical (unpaired) electrons. The van der Waals surface area contributed by atoms with Gasteiger partial charge in [-0.15, -0.1) is 5.11 Å². The van der Waals surface area contributed by atoms with Gasteiger partial charge < -0.3 is 34.3 Å². The maximum atomic E-state index is 14.0. The van der Waals surface area contributed by atoms with Crippen molar-refractivity contribution in [2.75, 3.05) is 71.9 Å². The van der Waals surface area contributed by atoms with Gasteiger partial charge in [0, 0.05) is 61.8 Å². The first-order valence-electron chi connectivity index (χ1n) is 22.2. The highest BCUT2D eigenvalue weighted by atomic mass is 16.6. The highest BCUT2D eigenvalue weighted by molar-refractivity contribution is 6.01. The third-order valence-electron chi connectivity index (χ3n) is 11.1. The standard InChI is InChI=1S/C49H65N5O9/c1-34-29-40(44(55)7-6-22-60-25-26-62-28-27-61-24-23-59-5)18-21-43(34)37-12-8-35(9-13-37)30-41(47(57)53-42-19-16-39(17-20-42)46-51-33-52-54-46)31-45(56)38-14-10-36(11-15-38)32-50-48(58)63-49(2,3)4/h8-9,12-13,16-21,29,36,38,41H,6-7,10-11,14-15,22-28,30-33H2,1-5H3,(H,50,58)(H,53,57)/t36?,38?,41-/m1/s1. The molecule has 1 saturated carbocycles. The van der Waals surface area contributed by atoms with Crippen molar-refractivity contribution in [3.63, 3.8) is 0 Å². The molecule has 0 bridgehead atoms. The number of nitrogens with zero attached hydrogens (tertiary/aromatic N) is 3. The van der Waals surface area contributed by atoms with E-state index in [-0.39, 0.29) is 35.7 Å². The second-order valence-electron chi connectivity index (χ2n) is 17.2. The van der Waals surface area contributed by atoms with Gasteiger partial charge >= 0.3 is 6.09 Å². The summed E-state index contributed by atoms with van der Waals surface area (Å²) < 4.78 is 26.8. The van der Waals surface area contributed by atoms with Gasteiger partial charge in [0.1, 0.15) is 11.4 Å². The molecule has 0 unspecified atom stereocenters. The van der Waals surface area contributed by atoms with Gasteiger partial charge in [0.2, 0.25) is 5.91 Å². The molecular weight excluding hydrogens is 803 g/mol. The Bertz CT molecular complexity index is 2000. The molecule has 63 heavy (non-hydrogen) atoms. The molecule has 0 aromatic heterocycles. The van der Waals surface area contributed by atoms with Gasteiger partial charge in [-0.25, -0.2) is 9.79 Å². The van der Waals surface area contributed by atoms with Gasteiger partial charge in [-0.2, -0.15) is 5.11 Å². The van der Waals surface area contributed by atoms with Crippen molar-refractivity contribution in [3.8, 4) is 11.1 Å². The summed E-state index contributed by atoms with van der Waals surface area (Å²) in [6.07, 6.45) is 4.15. The van der Waals surface area contributed by atoms with Crippen LogP contribution in [-0.2, 0) is 39.7 Å². The zero-order chi connectivity index (χ0) is 45.0. The average Bonchev–Trinajstić information content (AvgIpc) is 3.81. The van der Waals surface area contributed by atoms with E-state index < -0.39 is 17.6 Å². The number of Topliss-reactive ketones (excluding diaryl/α,β-unsaturated/α-hetero) is 2. The monoisotopic (exact) mass is 867 g/mol. The van der Waals surface area contributed by atoms with Crippen LogP contribution < -0.4 is 10.6 Å². The van der Waals surface area contributed by atoms with Crippen LogP contribution in [-0.4, -0.2) is 102 Å². The second-order valence-corrected chi connectivity index (χ2v) is 17.2. The summed E-state index contributed by atoms with van der Waals surface area (Å²) in [5.74, 6) is 0.0293. The lowest BCUT2D eigenvalue weighted by molar-refractivity contribution is -0.129. The quantitative estimate of drug-likeness (QED) is 0.0624. The molecular formula is C49H65N5O9. The van der Waals surface area contributed by atoms with Gasteiger partial charge in [0.05, 0.1) is 39.6 Å². The molecule has 2 amide bonds. The van der Waals surface area contributed by atoms with Crippen molar-refractivity contribution in [2.45, 2.75) is 84.7 Å². The number of aryl methyl sites for hydroxylation is 1. The van der Waals surface area contributed by atoms with Crippen molar-refractivity contribution < 1.29 is 42.9 Å². The van der Waals surface area contributed by atoms with Crippen molar-refractivity contribution in [1.82, 2.24) is 5.32 Å². The van der Waals surface area contributed by atoms with Gasteiger partial charge in [0.15, 0.2) is 18.3 Å². The first kappa shape index (κ1) is 48.9. The lowest BCUT2D eigenvalue weighted by Gasteiger charge is -2.29. The second kappa shape index (κ2) is 25.2. The number of rotatable bonds is 25. The van der Waals surface area contributed by atoms with Crippen LogP contribution in [0.3, 0.4) is 0 Å². The number of amides is 2. The Morgan fingerprint density at radius 1 is 0.794 bits per heavy atom. The number of carbonyl (C=O) groups excluding carboxylic acids is 4. The summed E-state index contributed by atoms with van der Waals surface area (Å²) in [4.78, 5) is 57.3. The molecule has 14 nitrogen and oxygen atoms in total. The van der Waals surface area contributed by atoms with Gasteiger partial charge in [-0.3, -0.25) is 14.4 Å². The molecule has 5 rings (SSSR count). The smallest absolute Gasteiger partial charge is 0.407 e. The number of anilines is 1. The molecule has 0 saturated heterocycles. The van der Waals surface area contributed by atoms with E-state index in [9.17, 15) is 19.2 Å². The van der Waals surface area contributed by atoms with Crippen molar-refractivity contribution >= 4 is 35.1 Å². The lowest BCUT2D eigenvalue weighted by Crippen LogP contribution is -2.37. The van der Waals surface area contributed by atoms with Crippen LogP contribution in [0.1, 0.15) is 92.8 Å². The fraction of sp³-hybridized carbons (Fsp3) is 0.531. The predicted octanol–water partition coefficient (Wildman–Crippen LogP) is 8.58. The zero-order valence-corrected chi connectivity index (χ0v) is 37.6. The summed E-state index contributed by atoms with van der Waals surface area (Å²) in [5, 5.41) is 13.9. The number of aliphatic imine (C=N–C) groups is 1. The third kappa shape index (κ3) is 16.8. The Hall–Kier alpha value is -5.15. The van der Waals surface area contributed by atoms with Crippen molar-refractivity contribution in [2.24, 2.45) is 33.0 Å².